The molecule has 0 aromatic rings. The monoisotopic (exact) mass is 347 g/mol. The number of hydrogen-bond donors (Lipinski definition) is 4. The first-order chi connectivity index (χ1) is 10.7. The van der Waals surface area contributed by atoms with Crippen molar-refractivity contribution in [1.29, 1.82) is 0 Å². The van der Waals surface area contributed by atoms with E-state index in [0.29, 0.717) is 0 Å². The number of aliphatic imine (C=N–C) groups is 3. The van der Waals surface area contributed by atoms with Crippen LogP contribution in [-0.2, 0) is 18.6 Å². The van der Waals surface area contributed by atoms with Gasteiger partial charge in [-0.1, -0.05) is 0 Å². The minimum absolute atomic E-state index is 0.109. The van der Waals surface area contributed by atoms with Crippen LogP contribution in [0.5, 0.6) is 0 Å². The number of nitrogens with two attached hydrogens (primary N) is 1. The molecular formula is C10H14N5O7P. The van der Waals surface area contributed by atoms with Gasteiger partial charge in [0, 0.05) is 6.42 Å². The quantitative estimate of drug-likeness (QED) is 0.401. The molecule has 13 heteroatoms. The second-order valence-corrected chi connectivity index (χ2v) is 6.31. The SMILES string of the molecule is NC1=NC(=O)C2N=CN([C@H]3C[C@H](O)[C@@H](COP(=O)(O)O)O3)C2=N1. The van der Waals surface area contributed by atoms with Crippen LogP contribution >= 0.6 is 7.82 Å². The van der Waals surface area contributed by atoms with E-state index in [1.807, 2.05) is 0 Å². The number of rotatable bonds is 4. The number of phosphoric ester groups is 1. The molecule has 5 N–H and O–H groups in total. The molecule has 1 unspecified atom stereocenters. The van der Waals surface area contributed by atoms with Crippen molar-refractivity contribution in [3.63, 3.8) is 0 Å². The fourth-order valence-corrected chi connectivity index (χ4v) is 2.78. The molecule has 3 rings (SSSR count). The molecule has 0 radical (unpaired) electrons. The number of aliphatic hydroxyl groups excluding tert-OH is 1. The molecule has 4 atom stereocenters. The third kappa shape index (κ3) is 3.32. The van der Waals surface area contributed by atoms with Gasteiger partial charge in [-0.25, -0.2) is 4.57 Å². The molecular weight excluding hydrogens is 333 g/mol. The third-order valence-electron chi connectivity index (χ3n) is 3.46. The average molecular weight is 347 g/mol. The summed E-state index contributed by atoms with van der Waals surface area (Å²) in [6.45, 7) is -0.481. The van der Waals surface area contributed by atoms with E-state index in [2.05, 4.69) is 19.5 Å². The third-order valence-corrected chi connectivity index (χ3v) is 3.94. The lowest BCUT2D eigenvalue weighted by molar-refractivity contribution is -0.117. The second-order valence-electron chi connectivity index (χ2n) is 5.07. The zero-order chi connectivity index (χ0) is 16.8. The highest BCUT2D eigenvalue weighted by Crippen LogP contribution is 2.37. The van der Waals surface area contributed by atoms with Crippen LogP contribution in [0.1, 0.15) is 6.42 Å². The summed E-state index contributed by atoms with van der Waals surface area (Å²) in [5.41, 5.74) is 5.45. The molecule has 1 saturated heterocycles. The molecule has 126 valence electrons. The summed E-state index contributed by atoms with van der Waals surface area (Å²) in [5, 5.41) is 9.93. The van der Waals surface area contributed by atoms with Crippen LogP contribution in [0.25, 0.3) is 0 Å². The number of amides is 1. The average Bonchev–Trinajstić information content (AvgIpc) is 2.99. The van der Waals surface area contributed by atoms with Crippen molar-refractivity contribution in [2.75, 3.05) is 6.61 Å². The normalized spacial score (nSPS) is 33.7. The molecule has 0 saturated carbocycles. The summed E-state index contributed by atoms with van der Waals surface area (Å²) >= 11 is 0. The molecule has 0 aliphatic carbocycles. The fourth-order valence-electron chi connectivity index (χ4n) is 2.44. The Labute approximate surface area is 129 Å². The summed E-state index contributed by atoms with van der Waals surface area (Å²) < 4.78 is 20.6. The van der Waals surface area contributed by atoms with Crippen LogP contribution in [0.15, 0.2) is 15.0 Å². The number of amidine groups is 1. The van der Waals surface area contributed by atoms with E-state index >= 15 is 0 Å². The van der Waals surface area contributed by atoms with Crippen molar-refractivity contribution in [1.82, 2.24) is 4.90 Å². The highest BCUT2D eigenvalue weighted by molar-refractivity contribution is 7.46. The van der Waals surface area contributed by atoms with Crippen LogP contribution in [0.2, 0.25) is 0 Å². The molecule has 1 amide bonds. The topological polar surface area (TPSA) is 180 Å². The first-order valence-corrected chi connectivity index (χ1v) is 8.09. The molecule has 0 spiro atoms. The van der Waals surface area contributed by atoms with E-state index < -0.39 is 44.8 Å². The number of ether oxygens (including phenoxy) is 1. The molecule has 0 aromatic carbocycles. The first kappa shape index (κ1) is 16.2. The maximum absolute atomic E-state index is 11.7. The molecule has 0 aromatic heterocycles. The summed E-state index contributed by atoms with van der Waals surface area (Å²) in [6, 6.07) is -0.895. The molecule has 3 heterocycles. The number of carbonyl (C=O) groups is 1. The Hall–Kier alpha value is -1.69. The molecule has 1 fully saturated rings. The van der Waals surface area contributed by atoms with Gasteiger partial charge in [-0.05, 0) is 0 Å². The van der Waals surface area contributed by atoms with E-state index in [0.717, 1.165) is 0 Å². The summed E-state index contributed by atoms with van der Waals surface area (Å²) in [4.78, 5) is 42.0. The van der Waals surface area contributed by atoms with Crippen molar-refractivity contribution < 1.29 is 33.5 Å². The summed E-state index contributed by atoms with van der Waals surface area (Å²) in [6.07, 6.45) is -1.23. The number of nitrogens with zero attached hydrogens (tertiary/aromatic N) is 4. The Balaban J connectivity index is 1.69. The van der Waals surface area contributed by atoms with Crippen LogP contribution < -0.4 is 5.73 Å². The van der Waals surface area contributed by atoms with Crippen LogP contribution in [0.4, 0.5) is 0 Å². The first-order valence-electron chi connectivity index (χ1n) is 6.56. The van der Waals surface area contributed by atoms with E-state index in [1.54, 1.807) is 0 Å². The lowest BCUT2D eigenvalue weighted by Gasteiger charge is -2.25. The predicted molar refractivity (Wildman–Crippen MR) is 75.5 cm³/mol. The molecule has 3 aliphatic heterocycles. The van der Waals surface area contributed by atoms with Gasteiger partial charge in [-0.3, -0.25) is 19.2 Å². The Morgan fingerprint density at radius 2 is 2.22 bits per heavy atom. The summed E-state index contributed by atoms with van der Waals surface area (Å²) in [5.74, 6) is -0.515. The Bertz CT molecular complexity index is 658. The van der Waals surface area contributed by atoms with E-state index in [-0.39, 0.29) is 18.2 Å². The van der Waals surface area contributed by atoms with Crippen LogP contribution in [0.3, 0.4) is 0 Å². The standard InChI is InChI=1S/C10H14N5O7P/c11-10-13-8-7(9(17)14-10)12-3-15(8)6-1-4(16)5(22-6)2-21-23(18,19)20/h3-7,16H,1-2H2,(H2,11,14,17)(H2,18,19,20)/t4-,5+,6+,7?/m0/s1. The van der Waals surface area contributed by atoms with Gasteiger partial charge in [0.15, 0.2) is 11.9 Å². The van der Waals surface area contributed by atoms with Gasteiger partial charge < -0.3 is 25.4 Å². The van der Waals surface area contributed by atoms with Crippen LogP contribution in [-0.4, -0.2) is 74.9 Å². The van der Waals surface area contributed by atoms with E-state index in [1.165, 1.54) is 11.2 Å². The molecule has 12 nitrogen and oxygen atoms in total. The van der Waals surface area contributed by atoms with Gasteiger partial charge in [0.1, 0.15) is 12.3 Å². The van der Waals surface area contributed by atoms with Gasteiger partial charge >= 0.3 is 7.82 Å². The number of guanidine groups is 1. The minimum atomic E-state index is -4.66. The number of phosphoric acid groups is 1. The smallest absolute Gasteiger partial charge is 0.390 e. The summed E-state index contributed by atoms with van der Waals surface area (Å²) in [7, 11) is -4.66. The highest BCUT2D eigenvalue weighted by atomic mass is 31.2. The van der Waals surface area contributed by atoms with E-state index in [4.69, 9.17) is 20.3 Å². The zero-order valence-electron chi connectivity index (χ0n) is 11.6. The van der Waals surface area contributed by atoms with Crippen LogP contribution in [0, 0.1) is 0 Å². The maximum atomic E-state index is 11.7. The lowest BCUT2D eigenvalue weighted by atomic mass is 10.2. The fraction of sp³-hybridized carbons (Fsp3) is 0.600. The Morgan fingerprint density at radius 3 is 2.91 bits per heavy atom. The zero-order valence-corrected chi connectivity index (χ0v) is 12.5. The second kappa shape index (κ2) is 5.74. The molecule has 23 heavy (non-hydrogen) atoms. The van der Waals surface area contributed by atoms with Gasteiger partial charge in [-0.15, -0.1) is 0 Å². The van der Waals surface area contributed by atoms with Crippen molar-refractivity contribution in [2.45, 2.75) is 30.9 Å². The Morgan fingerprint density at radius 1 is 1.48 bits per heavy atom. The van der Waals surface area contributed by atoms with Gasteiger partial charge in [0.2, 0.25) is 5.96 Å². The number of aliphatic hydroxyl groups is 1. The predicted octanol–water partition coefficient (Wildman–Crippen LogP) is -2.46. The number of fused-ring (bicyclic) bond motifs is 1. The van der Waals surface area contributed by atoms with Gasteiger partial charge in [-0.2, -0.15) is 9.98 Å². The molecule has 3 aliphatic rings. The maximum Gasteiger partial charge on any atom is 0.469 e. The Kier molecular flexibility index (Phi) is 4.04. The largest absolute Gasteiger partial charge is 0.469 e. The highest BCUT2D eigenvalue weighted by Gasteiger charge is 2.44. The van der Waals surface area contributed by atoms with Crippen molar-refractivity contribution >= 4 is 31.9 Å². The van der Waals surface area contributed by atoms with Crippen molar-refractivity contribution in [3.05, 3.63) is 0 Å². The minimum Gasteiger partial charge on any atom is -0.390 e. The number of carbonyl (C=O) groups excluding carboxylic acids is 1. The van der Waals surface area contributed by atoms with E-state index in [9.17, 15) is 14.5 Å². The van der Waals surface area contributed by atoms with Gasteiger partial charge in [0.25, 0.3) is 5.91 Å². The molecule has 0 bridgehead atoms. The lowest BCUT2D eigenvalue weighted by Crippen LogP contribution is -2.44. The van der Waals surface area contributed by atoms with Gasteiger partial charge in [0.05, 0.1) is 19.0 Å². The van der Waals surface area contributed by atoms with Crippen molar-refractivity contribution in [2.24, 2.45) is 20.7 Å². The number of hydrogen-bond acceptors (Lipinski definition) is 9. The van der Waals surface area contributed by atoms with Crippen molar-refractivity contribution in [3.8, 4) is 0 Å².